The first-order valence-electron chi connectivity index (χ1n) is 6.40. The molecule has 0 saturated carbocycles. The molecule has 0 N–H and O–H groups in total. The largest absolute Gasteiger partial charge is 0.287 e. The monoisotopic (exact) mass is 360 g/mol. The van der Waals surface area contributed by atoms with Crippen LogP contribution in [0.3, 0.4) is 0 Å². The normalized spacial score (nSPS) is 10.6. The Bertz CT molecular complexity index is 819. The number of hydrogen-bond donors (Lipinski definition) is 0. The maximum absolute atomic E-state index is 13.2. The molecule has 0 bridgehead atoms. The van der Waals surface area contributed by atoms with Crippen molar-refractivity contribution in [3.63, 3.8) is 0 Å². The molecule has 0 fully saturated rings. The highest BCUT2D eigenvalue weighted by molar-refractivity contribution is 9.10. The maximum Gasteiger partial charge on any atom is 0.216 e. The molecular weight excluding hydrogens is 351 g/mol. The van der Waals surface area contributed by atoms with Crippen molar-refractivity contribution in [3.8, 4) is 0 Å². The van der Waals surface area contributed by atoms with E-state index in [4.69, 9.17) is 0 Å². The van der Waals surface area contributed by atoms with Crippen molar-refractivity contribution in [2.45, 2.75) is 6.54 Å². The minimum Gasteiger partial charge on any atom is -0.287 e. The molecule has 2 aromatic heterocycles. The highest BCUT2D eigenvalue weighted by Crippen LogP contribution is 2.17. The van der Waals surface area contributed by atoms with E-state index in [1.54, 1.807) is 29.1 Å². The summed E-state index contributed by atoms with van der Waals surface area (Å²) in [7, 11) is 0. The summed E-state index contributed by atoms with van der Waals surface area (Å²) in [4.78, 5) is 19.8. The van der Waals surface area contributed by atoms with Crippen LogP contribution in [-0.2, 0) is 6.54 Å². The van der Waals surface area contributed by atoms with Gasteiger partial charge >= 0.3 is 0 Å². The number of ketones is 1. The molecule has 0 aliphatic carbocycles. The molecule has 1 aromatic carbocycles. The lowest BCUT2D eigenvalue weighted by Crippen LogP contribution is -2.06. The van der Waals surface area contributed by atoms with Gasteiger partial charge in [-0.25, -0.2) is 14.4 Å². The Kier molecular flexibility index (Phi) is 4.06. The van der Waals surface area contributed by atoms with Gasteiger partial charge in [0.2, 0.25) is 5.78 Å². The van der Waals surface area contributed by atoms with E-state index in [1.165, 1.54) is 24.8 Å². The molecule has 2 heterocycles. The third-order valence-electron chi connectivity index (χ3n) is 3.02. The Labute approximate surface area is 134 Å². The molecular formula is C15H10BrFN4O. The van der Waals surface area contributed by atoms with E-state index in [2.05, 4.69) is 31.0 Å². The van der Waals surface area contributed by atoms with Crippen LogP contribution in [0.15, 0.2) is 53.7 Å². The Balaban J connectivity index is 1.79. The van der Waals surface area contributed by atoms with E-state index < -0.39 is 0 Å². The average Bonchev–Trinajstić information content (AvgIpc) is 2.99. The zero-order valence-corrected chi connectivity index (χ0v) is 12.9. The highest BCUT2D eigenvalue weighted by atomic mass is 79.9. The smallest absolute Gasteiger partial charge is 0.216 e. The molecule has 0 saturated heterocycles. The van der Waals surface area contributed by atoms with Gasteiger partial charge in [-0.05, 0) is 39.7 Å². The second-order valence-electron chi connectivity index (χ2n) is 4.60. The van der Waals surface area contributed by atoms with E-state index in [0.29, 0.717) is 22.3 Å². The van der Waals surface area contributed by atoms with Gasteiger partial charge in [0.1, 0.15) is 17.8 Å². The van der Waals surface area contributed by atoms with Crippen molar-refractivity contribution in [1.29, 1.82) is 0 Å². The minimum absolute atomic E-state index is 0.236. The summed E-state index contributed by atoms with van der Waals surface area (Å²) in [6.07, 6.45) is 5.97. The first-order chi connectivity index (χ1) is 10.6. The van der Waals surface area contributed by atoms with E-state index in [0.717, 1.165) is 5.56 Å². The van der Waals surface area contributed by atoms with Crippen LogP contribution in [0.25, 0.3) is 0 Å². The molecule has 110 valence electrons. The fraction of sp³-hybridized carbons (Fsp3) is 0.0667. The molecule has 0 aliphatic rings. The summed E-state index contributed by atoms with van der Waals surface area (Å²) < 4.78 is 15.2. The number of benzene rings is 1. The number of carbonyl (C=O) groups excluding carboxylic acids is 1. The highest BCUT2D eigenvalue weighted by Gasteiger charge is 2.13. The summed E-state index contributed by atoms with van der Waals surface area (Å²) in [5.41, 5.74) is 1.58. The molecule has 0 radical (unpaired) electrons. The van der Waals surface area contributed by atoms with Gasteiger partial charge in [-0.3, -0.25) is 9.48 Å². The molecule has 3 aromatic rings. The number of aromatic nitrogens is 4. The number of carbonyl (C=O) groups is 1. The first-order valence-corrected chi connectivity index (χ1v) is 7.20. The van der Waals surface area contributed by atoms with Crippen molar-refractivity contribution < 1.29 is 9.18 Å². The van der Waals surface area contributed by atoms with Gasteiger partial charge in [-0.1, -0.05) is 6.07 Å². The molecule has 0 atom stereocenters. The van der Waals surface area contributed by atoms with Crippen molar-refractivity contribution in [2.75, 3.05) is 0 Å². The summed E-state index contributed by atoms with van der Waals surface area (Å²) >= 11 is 3.15. The minimum atomic E-state index is -0.316. The van der Waals surface area contributed by atoms with E-state index in [1.807, 2.05) is 0 Å². The molecule has 3 rings (SSSR count). The number of halogens is 2. The standard InChI is InChI=1S/C15H10BrFN4O/c16-12-5-10(1-2-13(12)17)8-21-4-3-14(20-21)15(22)11-6-18-9-19-7-11/h1-7,9H,8H2. The summed E-state index contributed by atoms with van der Waals surface area (Å²) in [5.74, 6) is -0.552. The van der Waals surface area contributed by atoms with Crippen molar-refractivity contribution in [3.05, 3.63) is 76.3 Å². The Morgan fingerprint density at radius 3 is 2.73 bits per heavy atom. The van der Waals surface area contributed by atoms with Crippen LogP contribution in [0, 0.1) is 5.82 Å². The molecule has 7 heteroatoms. The van der Waals surface area contributed by atoms with Gasteiger partial charge in [0.05, 0.1) is 16.6 Å². The average molecular weight is 361 g/mol. The molecule has 5 nitrogen and oxygen atoms in total. The second-order valence-corrected chi connectivity index (χ2v) is 5.46. The fourth-order valence-corrected chi connectivity index (χ4v) is 2.39. The van der Waals surface area contributed by atoms with Crippen LogP contribution >= 0.6 is 15.9 Å². The van der Waals surface area contributed by atoms with Gasteiger partial charge < -0.3 is 0 Å². The van der Waals surface area contributed by atoms with Gasteiger partial charge in [0.15, 0.2) is 0 Å². The third kappa shape index (κ3) is 3.09. The van der Waals surface area contributed by atoms with Crippen LogP contribution in [-0.4, -0.2) is 25.5 Å². The Morgan fingerprint density at radius 1 is 1.23 bits per heavy atom. The van der Waals surface area contributed by atoms with Crippen LogP contribution in [0.5, 0.6) is 0 Å². The predicted molar refractivity (Wildman–Crippen MR) is 80.9 cm³/mol. The fourth-order valence-electron chi connectivity index (χ4n) is 1.96. The van der Waals surface area contributed by atoms with E-state index >= 15 is 0 Å². The summed E-state index contributed by atoms with van der Waals surface area (Å²) in [6.45, 7) is 0.442. The van der Waals surface area contributed by atoms with Crippen LogP contribution in [0.1, 0.15) is 21.6 Å². The summed E-state index contributed by atoms with van der Waals surface area (Å²) in [6, 6.07) is 6.38. The molecule has 0 amide bonds. The number of hydrogen-bond acceptors (Lipinski definition) is 4. The molecule has 0 aliphatic heterocycles. The summed E-state index contributed by atoms with van der Waals surface area (Å²) in [5, 5.41) is 4.24. The van der Waals surface area contributed by atoms with Crippen LogP contribution < -0.4 is 0 Å². The second kappa shape index (κ2) is 6.15. The van der Waals surface area contributed by atoms with Crippen molar-refractivity contribution >= 4 is 21.7 Å². The SMILES string of the molecule is O=C(c1cncnc1)c1ccn(Cc2ccc(F)c(Br)c2)n1. The van der Waals surface area contributed by atoms with Gasteiger partial charge in [-0.2, -0.15) is 5.10 Å². The zero-order chi connectivity index (χ0) is 15.5. The van der Waals surface area contributed by atoms with Crippen molar-refractivity contribution in [1.82, 2.24) is 19.7 Å². The third-order valence-corrected chi connectivity index (χ3v) is 3.63. The molecule has 0 unspecified atom stereocenters. The zero-order valence-electron chi connectivity index (χ0n) is 11.3. The maximum atomic E-state index is 13.2. The van der Waals surface area contributed by atoms with Gasteiger partial charge in [0, 0.05) is 18.6 Å². The van der Waals surface area contributed by atoms with Crippen LogP contribution in [0.2, 0.25) is 0 Å². The predicted octanol–water partition coefficient (Wildman–Crippen LogP) is 2.85. The lowest BCUT2D eigenvalue weighted by Gasteiger charge is -2.03. The lowest BCUT2D eigenvalue weighted by molar-refractivity contribution is 0.103. The Morgan fingerprint density at radius 2 is 2.00 bits per heavy atom. The van der Waals surface area contributed by atoms with E-state index in [9.17, 15) is 9.18 Å². The topological polar surface area (TPSA) is 60.7 Å². The van der Waals surface area contributed by atoms with Gasteiger partial charge in [0.25, 0.3) is 0 Å². The number of nitrogens with zero attached hydrogens (tertiary/aromatic N) is 4. The van der Waals surface area contributed by atoms with Gasteiger partial charge in [-0.15, -0.1) is 0 Å². The first kappa shape index (κ1) is 14.5. The van der Waals surface area contributed by atoms with Crippen molar-refractivity contribution in [2.24, 2.45) is 0 Å². The Hall–Kier alpha value is -2.41. The van der Waals surface area contributed by atoms with Crippen LogP contribution in [0.4, 0.5) is 4.39 Å². The van der Waals surface area contributed by atoms with E-state index in [-0.39, 0.29) is 11.6 Å². The molecule has 0 spiro atoms. The lowest BCUT2D eigenvalue weighted by atomic mass is 10.2. The number of rotatable bonds is 4. The molecule has 22 heavy (non-hydrogen) atoms. The quantitative estimate of drug-likeness (QED) is 0.671.